The molecule has 1 aromatic rings. The lowest BCUT2D eigenvalue weighted by molar-refractivity contribution is 0.434. The van der Waals surface area contributed by atoms with E-state index in [1.54, 1.807) is 0 Å². The van der Waals surface area contributed by atoms with Crippen molar-refractivity contribution in [3.05, 3.63) is 27.8 Å². The maximum absolute atomic E-state index is 5.84. The van der Waals surface area contributed by atoms with Crippen LogP contribution < -0.4 is 16.4 Å². The zero-order valence-corrected chi connectivity index (χ0v) is 15.6. The average Bonchev–Trinajstić information content (AvgIpc) is 2.50. The van der Waals surface area contributed by atoms with E-state index in [9.17, 15) is 0 Å². The quantitative estimate of drug-likeness (QED) is 0.685. The Morgan fingerprint density at radius 2 is 1.41 bits per heavy atom. The molecule has 0 aliphatic heterocycles. The van der Waals surface area contributed by atoms with Crippen LogP contribution in [-0.4, -0.2) is 25.2 Å². The molecular formula is C19H35N3. The van der Waals surface area contributed by atoms with Crippen LogP contribution in [0.4, 0.5) is 5.69 Å². The highest BCUT2D eigenvalue weighted by atomic mass is 15.0. The van der Waals surface area contributed by atoms with Gasteiger partial charge in [0.15, 0.2) is 0 Å². The van der Waals surface area contributed by atoms with E-state index in [4.69, 9.17) is 5.73 Å². The lowest BCUT2D eigenvalue weighted by Gasteiger charge is -2.25. The van der Waals surface area contributed by atoms with E-state index in [1.165, 1.54) is 39.9 Å². The first-order valence-corrected chi connectivity index (χ1v) is 8.60. The second kappa shape index (κ2) is 8.54. The van der Waals surface area contributed by atoms with E-state index >= 15 is 0 Å². The van der Waals surface area contributed by atoms with Gasteiger partial charge in [0.05, 0.1) is 0 Å². The van der Waals surface area contributed by atoms with Crippen molar-refractivity contribution in [1.29, 1.82) is 0 Å². The maximum Gasteiger partial charge on any atom is 0.0405 e. The monoisotopic (exact) mass is 305 g/mol. The third kappa shape index (κ3) is 4.47. The van der Waals surface area contributed by atoms with Crippen molar-refractivity contribution in [3.63, 3.8) is 0 Å². The van der Waals surface area contributed by atoms with E-state index in [2.05, 4.69) is 59.1 Å². The molecule has 0 aliphatic carbocycles. The summed E-state index contributed by atoms with van der Waals surface area (Å²) in [6.45, 7) is 17.1. The molecule has 1 aromatic carbocycles. The molecule has 4 N–H and O–H groups in total. The van der Waals surface area contributed by atoms with Crippen molar-refractivity contribution in [2.24, 2.45) is 5.73 Å². The molecule has 0 saturated heterocycles. The largest absolute Gasteiger partial charge is 0.383 e. The van der Waals surface area contributed by atoms with Crippen molar-refractivity contribution >= 4 is 5.69 Å². The van der Waals surface area contributed by atoms with Crippen LogP contribution >= 0.6 is 0 Å². The zero-order valence-electron chi connectivity index (χ0n) is 15.6. The van der Waals surface area contributed by atoms with E-state index in [1.807, 2.05) is 0 Å². The van der Waals surface area contributed by atoms with E-state index < -0.39 is 0 Å². The summed E-state index contributed by atoms with van der Waals surface area (Å²) >= 11 is 0. The highest BCUT2D eigenvalue weighted by Gasteiger charge is 2.14. The summed E-state index contributed by atoms with van der Waals surface area (Å²) in [4.78, 5) is 0. The molecule has 0 aliphatic rings. The molecule has 3 nitrogen and oxygen atoms in total. The van der Waals surface area contributed by atoms with Crippen LogP contribution in [0.5, 0.6) is 0 Å². The first-order chi connectivity index (χ1) is 10.3. The van der Waals surface area contributed by atoms with Gasteiger partial charge in [0.2, 0.25) is 0 Å². The molecule has 0 saturated carbocycles. The molecule has 2 unspecified atom stereocenters. The number of hydrogen-bond donors (Lipinski definition) is 3. The van der Waals surface area contributed by atoms with Crippen molar-refractivity contribution < 1.29 is 0 Å². The summed E-state index contributed by atoms with van der Waals surface area (Å²) in [5.41, 5.74) is 14.1. The average molecular weight is 306 g/mol. The van der Waals surface area contributed by atoms with Gasteiger partial charge in [0.1, 0.15) is 0 Å². The summed E-state index contributed by atoms with van der Waals surface area (Å²) in [6, 6.07) is 0.825. The van der Waals surface area contributed by atoms with Crippen LogP contribution in [-0.2, 0) is 0 Å². The SMILES string of the molecule is CCCC(CN)NC(C)CNc1c(C)c(C)c(C)c(C)c1C. The first-order valence-electron chi connectivity index (χ1n) is 8.60. The van der Waals surface area contributed by atoms with Crippen LogP contribution in [0.25, 0.3) is 0 Å². The van der Waals surface area contributed by atoms with Crippen LogP contribution in [0.15, 0.2) is 0 Å². The minimum Gasteiger partial charge on any atom is -0.383 e. The highest BCUT2D eigenvalue weighted by molar-refractivity contribution is 5.64. The van der Waals surface area contributed by atoms with Gasteiger partial charge in [-0.25, -0.2) is 0 Å². The molecule has 0 heterocycles. The van der Waals surface area contributed by atoms with Crippen molar-refractivity contribution in [2.45, 2.75) is 73.4 Å². The highest BCUT2D eigenvalue weighted by Crippen LogP contribution is 2.30. The minimum atomic E-state index is 0.404. The van der Waals surface area contributed by atoms with Crippen LogP contribution in [0.3, 0.4) is 0 Å². The van der Waals surface area contributed by atoms with Gasteiger partial charge in [-0.2, -0.15) is 0 Å². The van der Waals surface area contributed by atoms with Gasteiger partial charge in [0.25, 0.3) is 0 Å². The van der Waals surface area contributed by atoms with Crippen molar-refractivity contribution in [2.75, 3.05) is 18.4 Å². The van der Waals surface area contributed by atoms with Crippen LogP contribution in [0.2, 0.25) is 0 Å². The van der Waals surface area contributed by atoms with E-state index in [0.29, 0.717) is 18.6 Å². The summed E-state index contributed by atoms with van der Waals surface area (Å²) in [6.07, 6.45) is 2.31. The number of anilines is 1. The number of hydrogen-bond acceptors (Lipinski definition) is 3. The molecule has 0 fully saturated rings. The van der Waals surface area contributed by atoms with E-state index in [0.717, 1.165) is 13.0 Å². The number of rotatable bonds is 8. The molecule has 0 amide bonds. The molecule has 126 valence electrons. The summed E-state index contributed by atoms with van der Waals surface area (Å²) in [7, 11) is 0. The van der Waals surface area contributed by atoms with Gasteiger partial charge in [-0.15, -0.1) is 0 Å². The Morgan fingerprint density at radius 3 is 1.86 bits per heavy atom. The number of benzene rings is 1. The Morgan fingerprint density at radius 1 is 0.909 bits per heavy atom. The number of nitrogens with two attached hydrogens (primary N) is 1. The fourth-order valence-corrected chi connectivity index (χ4v) is 3.10. The lowest BCUT2D eigenvalue weighted by atomic mass is 9.93. The van der Waals surface area contributed by atoms with Gasteiger partial charge in [-0.1, -0.05) is 13.3 Å². The summed E-state index contributed by atoms with van der Waals surface area (Å²) in [5, 5.41) is 7.29. The molecule has 0 bridgehead atoms. The molecule has 1 rings (SSSR count). The minimum absolute atomic E-state index is 0.404. The second-order valence-electron chi connectivity index (χ2n) is 6.67. The number of nitrogens with one attached hydrogen (secondary N) is 2. The molecule has 0 radical (unpaired) electrons. The van der Waals surface area contributed by atoms with E-state index in [-0.39, 0.29) is 0 Å². The standard InChI is InChI=1S/C19H35N3/c1-8-9-18(10-20)22-12(2)11-21-19-16(6)14(4)13(3)15(5)17(19)7/h12,18,21-22H,8-11,20H2,1-7H3. The third-order valence-electron chi connectivity index (χ3n) is 5.03. The van der Waals surface area contributed by atoms with Gasteiger partial charge in [-0.05, 0) is 75.8 Å². The Labute approximate surface area is 137 Å². The third-order valence-corrected chi connectivity index (χ3v) is 5.03. The molecule has 0 spiro atoms. The molecule has 22 heavy (non-hydrogen) atoms. The Kier molecular flexibility index (Phi) is 7.37. The normalized spacial score (nSPS) is 14.0. The molecule has 2 atom stereocenters. The fraction of sp³-hybridized carbons (Fsp3) is 0.684. The smallest absolute Gasteiger partial charge is 0.0405 e. The summed E-state index contributed by atoms with van der Waals surface area (Å²) in [5.74, 6) is 0. The van der Waals surface area contributed by atoms with Crippen molar-refractivity contribution in [1.82, 2.24) is 5.32 Å². The molecule has 0 aromatic heterocycles. The first kappa shape index (κ1) is 19.0. The van der Waals surface area contributed by atoms with Gasteiger partial charge in [-0.3, -0.25) is 0 Å². The Bertz CT molecular complexity index is 465. The van der Waals surface area contributed by atoms with Gasteiger partial charge in [0, 0.05) is 30.9 Å². The maximum atomic E-state index is 5.84. The molecular weight excluding hydrogens is 270 g/mol. The Balaban J connectivity index is 2.76. The zero-order chi connectivity index (χ0) is 16.9. The predicted octanol–water partition coefficient (Wildman–Crippen LogP) is 3.75. The fourth-order valence-electron chi connectivity index (χ4n) is 3.10. The van der Waals surface area contributed by atoms with Crippen molar-refractivity contribution in [3.8, 4) is 0 Å². The second-order valence-corrected chi connectivity index (χ2v) is 6.67. The molecule has 3 heteroatoms. The Hall–Kier alpha value is -1.06. The summed E-state index contributed by atoms with van der Waals surface area (Å²) < 4.78 is 0. The lowest BCUT2D eigenvalue weighted by Crippen LogP contribution is -2.44. The van der Waals surface area contributed by atoms with Crippen LogP contribution in [0, 0.1) is 34.6 Å². The topological polar surface area (TPSA) is 50.1 Å². The van der Waals surface area contributed by atoms with Crippen LogP contribution in [0.1, 0.15) is 54.5 Å². The van der Waals surface area contributed by atoms with Gasteiger partial charge >= 0.3 is 0 Å². The van der Waals surface area contributed by atoms with Gasteiger partial charge < -0.3 is 16.4 Å². The predicted molar refractivity (Wildman–Crippen MR) is 99.0 cm³/mol.